The normalized spacial score (nSPS) is 22.5. The number of hydrogen-bond acceptors (Lipinski definition) is 6. The van der Waals surface area contributed by atoms with Crippen LogP contribution in [0.3, 0.4) is 0 Å². The second-order valence-electron chi connectivity index (χ2n) is 7.88. The van der Waals surface area contributed by atoms with Crippen LogP contribution in [-0.4, -0.2) is 75.8 Å². The Hall–Kier alpha value is -2.39. The maximum atomic E-state index is 14.0. The number of hydrogen-bond donors (Lipinski definition) is 0. The van der Waals surface area contributed by atoms with Crippen molar-refractivity contribution in [2.24, 2.45) is 0 Å². The number of benzene rings is 1. The van der Waals surface area contributed by atoms with Crippen molar-refractivity contribution in [2.45, 2.75) is 38.3 Å². The van der Waals surface area contributed by atoms with Gasteiger partial charge in [-0.25, -0.2) is 9.07 Å². The topological polar surface area (TPSA) is 76.4 Å². The van der Waals surface area contributed by atoms with Crippen molar-refractivity contribution < 1.29 is 13.9 Å². The van der Waals surface area contributed by atoms with E-state index in [1.807, 2.05) is 0 Å². The molecule has 2 aromatic rings. The molecule has 2 aliphatic heterocycles. The average Bonchev–Trinajstić information content (AvgIpc) is 3.47. The molecule has 0 bridgehead atoms. The third-order valence-corrected chi connectivity index (χ3v) is 6.12. The molecule has 8 nitrogen and oxygen atoms in total. The number of likely N-dealkylation sites (tertiary alicyclic amines) is 2. The Bertz CT molecular complexity index is 882. The molecule has 2 fully saturated rings. The minimum atomic E-state index is -0.424. The molecule has 1 aromatic carbocycles. The summed E-state index contributed by atoms with van der Waals surface area (Å²) in [6, 6.07) is 4.67. The van der Waals surface area contributed by atoms with Crippen molar-refractivity contribution in [1.82, 2.24) is 30.0 Å². The van der Waals surface area contributed by atoms with Crippen LogP contribution < -0.4 is 0 Å². The minimum Gasteiger partial charge on any atom is -0.383 e. The molecule has 1 amide bonds. The summed E-state index contributed by atoms with van der Waals surface area (Å²) in [6.07, 6.45) is 3.00. The molecular formula is C20H27FN6O2. The molecule has 0 N–H and O–H groups in total. The van der Waals surface area contributed by atoms with Crippen LogP contribution in [0.4, 0.5) is 4.39 Å². The minimum absolute atomic E-state index is 0.152. The van der Waals surface area contributed by atoms with Crippen LogP contribution in [0, 0.1) is 12.7 Å². The molecule has 0 aliphatic carbocycles. The van der Waals surface area contributed by atoms with Crippen LogP contribution in [0.15, 0.2) is 18.2 Å². The number of carbonyl (C=O) groups is 1. The van der Waals surface area contributed by atoms with E-state index in [2.05, 4.69) is 20.4 Å². The predicted molar refractivity (Wildman–Crippen MR) is 104 cm³/mol. The van der Waals surface area contributed by atoms with Gasteiger partial charge in [-0.2, -0.15) is 0 Å². The highest BCUT2D eigenvalue weighted by Gasteiger charge is 2.50. The van der Waals surface area contributed by atoms with Gasteiger partial charge in [0.25, 0.3) is 5.91 Å². The van der Waals surface area contributed by atoms with E-state index >= 15 is 0 Å². The predicted octanol–water partition coefficient (Wildman–Crippen LogP) is 1.60. The van der Waals surface area contributed by atoms with Gasteiger partial charge in [-0.3, -0.25) is 9.69 Å². The number of halogens is 1. The number of tetrazole rings is 1. The Kier molecular flexibility index (Phi) is 5.60. The van der Waals surface area contributed by atoms with Crippen LogP contribution >= 0.6 is 0 Å². The van der Waals surface area contributed by atoms with Gasteiger partial charge in [-0.05, 0) is 67.4 Å². The lowest BCUT2D eigenvalue weighted by Crippen LogP contribution is -2.49. The molecular weight excluding hydrogens is 375 g/mol. The van der Waals surface area contributed by atoms with Gasteiger partial charge in [0.1, 0.15) is 11.4 Å². The zero-order valence-electron chi connectivity index (χ0n) is 17.0. The smallest absolute Gasteiger partial charge is 0.254 e. The van der Waals surface area contributed by atoms with Crippen molar-refractivity contribution in [2.75, 3.05) is 39.9 Å². The third-order valence-electron chi connectivity index (χ3n) is 6.12. The lowest BCUT2D eigenvalue weighted by atomic mass is 9.95. The zero-order chi connectivity index (χ0) is 20.4. The molecule has 0 spiro atoms. The first-order valence-corrected chi connectivity index (χ1v) is 10.1. The highest BCUT2D eigenvalue weighted by Crippen LogP contribution is 2.39. The molecule has 4 rings (SSSR count). The second kappa shape index (κ2) is 8.16. The molecule has 3 heterocycles. The van der Waals surface area contributed by atoms with Gasteiger partial charge < -0.3 is 9.64 Å². The third kappa shape index (κ3) is 3.64. The lowest BCUT2D eigenvalue weighted by Gasteiger charge is -2.37. The summed E-state index contributed by atoms with van der Waals surface area (Å²) in [4.78, 5) is 17.3. The summed E-state index contributed by atoms with van der Waals surface area (Å²) in [5.74, 6) is 0.270. The van der Waals surface area contributed by atoms with Gasteiger partial charge in [0.2, 0.25) is 0 Å². The molecule has 1 aromatic heterocycles. The largest absolute Gasteiger partial charge is 0.383 e. The van der Waals surface area contributed by atoms with Gasteiger partial charge in [0.05, 0.1) is 13.2 Å². The number of aromatic nitrogens is 4. The Morgan fingerprint density at radius 1 is 1.28 bits per heavy atom. The van der Waals surface area contributed by atoms with Gasteiger partial charge in [-0.1, -0.05) is 6.07 Å². The van der Waals surface area contributed by atoms with E-state index in [0.29, 0.717) is 37.4 Å². The van der Waals surface area contributed by atoms with E-state index in [1.54, 1.807) is 35.7 Å². The standard InChI is InChI=1S/C20H27FN6O2/c1-15-5-6-16(13-17(15)21)18(28)25-10-7-20(14-25,26-8-3-4-9-26)19-22-23-24-27(19)11-12-29-2/h5-6,13H,3-4,7-12,14H2,1-2H3. The quantitative estimate of drug-likeness (QED) is 0.731. The lowest BCUT2D eigenvalue weighted by molar-refractivity contribution is 0.0698. The first kappa shape index (κ1) is 19.9. The number of carbonyl (C=O) groups excluding carboxylic acids is 1. The molecule has 1 atom stereocenters. The van der Waals surface area contributed by atoms with E-state index in [-0.39, 0.29) is 11.7 Å². The first-order valence-electron chi connectivity index (χ1n) is 10.1. The van der Waals surface area contributed by atoms with E-state index in [1.165, 1.54) is 6.07 Å². The highest BCUT2D eigenvalue weighted by atomic mass is 19.1. The Morgan fingerprint density at radius 2 is 2.07 bits per heavy atom. The van der Waals surface area contributed by atoms with Crippen LogP contribution in [0.25, 0.3) is 0 Å². The fourth-order valence-corrected chi connectivity index (χ4v) is 4.47. The average molecular weight is 402 g/mol. The maximum absolute atomic E-state index is 14.0. The van der Waals surface area contributed by atoms with Crippen LogP contribution in [-0.2, 0) is 16.8 Å². The van der Waals surface area contributed by atoms with E-state index in [0.717, 1.165) is 38.2 Å². The number of ether oxygens (including phenoxy) is 1. The molecule has 9 heteroatoms. The van der Waals surface area contributed by atoms with Crippen molar-refractivity contribution in [1.29, 1.82) is 0 Å². The van der Waals surface area contributed by atoms with Gasteiger partial charge in [0, 0.05) is 25.8 Å². The summed E-state index contributed by atoms with van der Waals surface area (Å²) in [5, 5.41) is 12.4. The van der Waals surface area contributed by atoms with Crippen molar-refractivity contribution in [3.8, 4) is 0 Å². The SMILES string of the molecule is COCCn1nnnc1C1(N2CCCC2)CCN(C(=O)c2ccc(C)c(F)c2)C1. The van der Waals surface area contributed by atoms with Gasteiger partial charge in [-0.15, -0.1) is 5.10 Å². The number of aryl methyl sites for hydroxylation is 1. The number of amides is 1. The Morgan fingerprint density at radius 3 is 2.79 bits per heavy atom. The fourth-order valence-electron chi connectivity index (χ4n) is 4.47. The van der Waals surface area contributed by atoms with Crippen LogP contribution in [0.2, 0.25) is 0 Å². The fraction of sp³-hybridized carbons (Fsp3) is 0.600. The Labute approximate surface area is 169 Å². The second-order valence-corrected chi connectivity index (χ2v) is 7.88. The summed E-state index contributed by atoms with van der Waals surface area (Å²) < 4.78 is 21.0. The summed E-state index contributed by atoms with van der Waals surface area (Å²) in [5.41, 5.74) is 0.489. The van der Waals surface area contributed by atoms with Crippen LogP contribution in [0.5, 0.6) is 0 Å². The molecule has 156 valence electrons. The van der Waals surface area contributed by atoms with Gasteiger partial charge >= 0.3 is 0 Å². The summed E-state index contributed by atoms with van der Waals surface area (Å²) >= 11 is 0. The molecule has 29 heavy (non-hydrogen) atoms. The van der Waals surface area contributed by atoms with Gasteiger partial charge in [0.15, 0.2) is 5.82 Å². The van der Waals surface area contributed by atoms with Crippen LogP contribution in [0.1, 0.15) is 41.0 Å². The summed E-state index contributed by atoms with van der Waals surface area (Å²) in [7, 11) is 1.65. The van der Waals surface area contributed by atoms with Crippen molar-refractivity contribution >= 4 is 5.91 Å². The van der Waals surface area contributed by atoms with E-state index in [4.69, 9.17) is 4.74 Å². The maximum Gasteiger partial charge on any atom is 0.254 e. The molecule has 2 saturated heterocycles. The van der Waals surface area contributed by atoms with E-state index in [9.17, 15) is 9.18 Å². The number of nitrogens with zero attached hydrogens (tertiary/aromatic N) is 6. The number of methoxy groups -OCH3 is 1. The molecule has 2 aliphatic rings. The summed E-state index contributed by atoms with van der Waals surface area (Å²) in [6.45, 7) is 5.76. The Balaban J connectivity index is 1.63. The van der Waals surface area contributed by atoms with Crippen molar-refractivity contribution in [3.63, 3.8) is 0 Å². The monoisotopic (exact) mass is 402 g/mol. The van der Waals surface area contributed by atoms with E-state index < -0.39 is 5.54 Å². The number of rotatable bonds is 6. The van der Waals surface area contributed by atoms with Crippen molar-refractivity contribution in [3.05, 3.63) is 41.0 Å². The first-order chi connectivity index (χ1) is 14.0. The molecule has 1 unspecified atom stereocenters. The zero-order valence-corrected chi connectivity index (χ0v) is 17.0. The molecule has 0 radical (unpaired) electrons. The molecule has 0 saturated carbocycles. The highest BCUT2D eigenvalue weighted by molar-refractivity contribution is 5.94.